The van der Waals surface area contributed by atoms with Gasteiger partial charge in [-0.3, -0.25) is 0 Å². The van der Waals surface area contributed by atoms with Crippen molar-refractivity contribution in [2.45, 2.75) is 91.1 Å². The zero-order valence-electron chi connectivity index (χ0n) is 29.3. The first-order valence-electron chi connectivity index (χ1n) is 18.0. The van der Waals surface area contributed by atoms with Crippen LogP contribution in [-0.4, -0.2) is 0 Å². The fourth-order valence-electron chi connectivity index (χ4n) is 8.29. The third-order valence-electron chi connectivity index (χ3n) is 11.2. The van der Waals surface area contributed by atoms with Crippen molar-refractivity contribution < 1.29 is 4.42 Å². The molecule has 8 rings (SSSR count). The summed E-state index contributed by atoms with van der Waals surface area (Å²) in [5.41, 5.74) is 14.0. The fourth-order valence-corrected chi connectivity index (χ4v) is 8.29. The van der Waals surface area contributed by atoms with Crippen molar-refractivity contribution in [1.82, 2.24) is 0 Å². The van der Waals surface area contributed by atoms with E-state index in [0.717, 1.165) is 33.2 Å². The summed E-state index contributed by atoms with van der Waals surface area (Å²) in [4.78, 5) is 2.55. The Morgan fingerprint density at radius 2 is 1.35 bits per heavy atom. The summed E-state index contributed by atoms with van der Waals surface area (Å²) in [5, 5.41) is 6.24. The molecule has 1 fully saturated rings. The topological polar surface area (TPSA) is 28.4 Å². The van der Waals surface area contributed by atoms with Crippen LogP contribution in [0.5, 0.6) is 0 Å². The molecule has 0 amide bonds. The molecule has 1 atom stereocenters. The molecule has 1 N–H and O–H groups in total. The first-order chi connectivity index (χ1) is 23.2. The van der Waals surface area contributed by atoms with Gasteiger partial charge in [0.25, 0.3) is 0 Å². The largest absolute Gasteiger partial charge is 0.456 e. The average Bonchev–Trinajstić information content (AvgIpc) is 3.66. The van der Waals surface area contributed by atoms with Crippen LogP contribution >= 0.6 is 0 Å². The van der Waals surface area contributed by atoms with Gasteiger partial charge in [0.05, 0.1) is 17.1 Å². The monoisotopic (exact) mass is 632 g/mol. The Bertz CT molecular complexity index is 2080. The molecule has 1 aromatic heterocycles. The van der Waals surface area contributed by atoms with Crippen molar-refractivity contribution in [3.63, 3.8) is 0 Å². The number of para-hydroxylation sites is 4. The van der Waals surface area contributed by atoms with Crippen molar-refractivity contribution in [1.29, 1.82) is 0 Å². The number of rotatable bonds is 6. The number of hydrogen-bond donors (Lipinski definition) is 1. The minimum absolute atomic E-state index is 0.118. The molecule has 2 heterocycles. The van der Waals surface area contributed by atoms with Crippen LogP contribution in [0.25, 0.3) is 33.1 Å². The minimum Gasteiger partial charge on any atom is -0.456 e. The molecule has 1 unspecified atom stereocenters. The molecule has 0 saturated heterocycles. The zero-order valence-corrected chi connectivity index (χ0v) is 29.3. The summed E-state index contributed by atoms with van der Waals surface area (Å²) in [5.74, 6) is 1.35. The molecular weight excluding hydrogens is 585 g/mol. The lowest BCUT2D eigenvalue weighted by molar-refractivity contribution is 0.224. The molecule has 0 bridgehead atoms. The molecule has 6 aromatic rings. The first-order valence-corrected chi connectivity index (χ1v) is 18.0. The van der Waals surface area contributed by atoms with Crippen LogP contribution in [0, 0.1) is 5.41 Å². The Labute approximate surface area is 286 Å². The fraction of sp³-hybridized carbons (Fsp3) is 0.333. The van der Waals surface area contributed by atoms with Crippen molar-refractivity contribution in [3.05, 3.63) is 125 Å². The average molecular weight is 633 g/mol. The molecule has 48 heavy (non-hydrogen) atoms. The van der Waals surface area contributed by atoms with E-state index in [2.05, 4.69) is 155 Å². The molecule has 0 spiro atoms. The lowest BCUT2D eigenvalue weighted by atomic mass is 9.71. The number of anilines is 3. The zero-order chi connectivity index (χ0) is 33.2. The highest BCUT2D eigenvalue weighted by molar-refractivity contribution is 6.06. The Hall–Kier alpha value is -4.50. The molecule has 3 heteroatoms. The number of fused-ring (bicyclic) bond motifs is 4. The van der Waals surface area contributed by atoms with Gasteiger partial charge >= 0.3 is 0 Å². The number of nitrogens with zero attached hydrogens (tertiary/aromatic N) is 1. The van der Waals surface area contributed by atoms with Gasteiger partial charge in [0.1, 0.15) is 17.3 Å². The van der Waals surface area contributed by atoms with E-state index < -0.39 is 0 Å². The van der Waals surface area contributed by atoms with E-state index in [1.165, 1.54) is 64.9 Å². The molecule has 1 aliphatic carbocycles. The van der Waals surface area contributed by atoms with Gasteiger partial charge in [-0.15, -0.1) is 0 Å². The summed E-state index contributed by atoms with van der Waals surface area (Å²) in [6.07, 6.45) is 5.11. The van der Waals surface area contributed by atoms with E-state index in [4.69, 9.17) is 4.42 Å². The van der Waals surface area contributed by atoms with Gasteiger partial charge in [0.2, 0.25) is 0 Å². The van der Waals surface area contributed by atoms with E-state index >= 15 is 0 Å². The van der Waals surface area contributed by atoms with Crippen LogP contribution in [-0.2, 0) is 0 Å². The number of nitrogens with one attached hydrogen (secondary N) is 1. The van der Waals surface area contributed by atoms with E-state index in [1.54, 1.807) is 0 Å². The predicted molar refractivity (Wildman–Crippen MR) is 204 cm³/mol. The van der Waals surface area contributed by atoms with Crippen molar-refractivity contribution in [2.75, 3.05) is 10.2 Å². The molecule has 3 nitrogen and oxygen atoms in total. The SMILES string of the molecule is CC(C)c1cc(-c2ccc(C3CCC(C)(C)CC3)cc2)cc(C(C)C)c1N1c2ccccc2NC1c1cccc2c1oc1ccccc12. The number of hydrogen-bond acceptors (Lipinski definition) is 3. The highest BCUT2D eigenvalue weighted by atomic mass is 16.3. The standard InChI is InChI=1S/C45H48N2O/c1-28(2)37-26-33(31-20-18-30(19-21-31)32-22-24-45(5,6)25-23-32)27-38(29(3)4)42(37)47-40-16-9-8-15-39(40)46-44(47)36-14-11-13-35-34-12-7-10-17-41(34)48-43(35)36/h7-21,26-29,32,44,46H,22-25H2,1-6H3. The summed E-state index contributed by atoms with van der Waals surface area (Å²) in [7, 11) is 0. The Morgan fingerprint density at radius 1 is 0.708 bits per heavy atom. The first kappa shape index (κ1) is 30.8. The highest BCUT2D eigenvalue weighted by Crippen LogP contribution is 2.52. The Kier molecular flexibility index (Phi) is 7.62. The molecule has 5 aromatic carbocycles. The third-order valence-corrected chi connectivity index (χ3v) is 11.2. The second kappa shape index (κ2) is 11.9. The van der Waals surface area contributed by atoms with Crippen LogP contribution in [0.4, 0.5) is 17.1 Å². The second-order valence-electron chi connectivity index (χ2n) is 15.6. The maximum absolute atomic E-state index is 6.61. The molecule has 1 aliphatic heterocycles. The van der Waals surface area contributed by atoms with Crippen molar-refractivity contribution >= 4 is 39.0 Å². The molecule has 1 saturated carbocycles. The van der Waals surface area contributed by atoms with Gasteiger partial charge in [-0.2, -0.15) is 0 Å². The van der Waals surface area contributed by atoms with Crippen LogP contribution in [0.15, 0.2) is 108 Å². The third kappa shape index (κ3) is 5.28. The van der Waals surface area contributed by atoms with E-state index in [9.17, 15) is 0 Å². The van der Waals surface area contributed by atoms with Gasteiger partial charge in [-0.1, -0.05) is 114 Å². The second-order valence-corrected chi connectivity index (χ2v) is 15.6. The van der Waals surface area contributed by atoms with Crippen molar-refractivity contribution in [2.24, 2.45) is 5.41 Å². The van der Waals surface area contributed by atoms with Gasteiger partial charge in [-0.05, 0) is 107 Å². The Balaban J connectivity index is 1.25. The van der Waals surface area contributed by atoms with Gasteiger partial charge in [0.15, 0.2) is 0 Å². The van der Waals surface area contributed by atoms with E-state index in [-0.39, 0.29) is 6.17 Å². The lowest BCUT2D eigenvalue weighted by Gasteiger charge is -2.34. The highest BCUT2D eigenvalue weighted by Gasteiger charge is 2.36. The van der Waals surface area contributed by atoms with Crippen LogP contribution < -0.4 is 10.2 Å². The molecule has 0 radical (unpaired) electrons. The van der Waals surface area contributed by atoms with E-state index in [0.29, 0.717) is 23.2 Å². The summed E-state index contributed by atoms with van der Waals surface area (Å²) in [6.45, 7) is 14.2. The summed E-state index contributed by atoms with van der Waals surface area (Å²) >= 11 is 0. The number of furan rings is 1. The van der Waals surface area contributed by atoms with Crippen LogP contribution in [0.3, 0.4) is 0 Å². The maximum Gasteiger partial charge on any atom is 0.142 e. The molecular formula is C45H48N2O. The normalized spacial score (nSPS) is 17.8. The van der Waals surface area contributed by atoms with Crippen LogP contribution in [0.2, 0.25) is 0 Å². The van der Waals surface area contributed by atoms with Gasteiger partial charge < -0.3 is 14.6 Å². The summed E-state index contributed by atoms with van der Waals surface area (Å²) < 4.78 is 6.61. The molecule has 2 aliphatic rings. The summed E-state index contributed by atoms with van der Waals surface area (Å²) in [6, 6.07) is 38.2. The van der Waals surface area contributed by atoms with Gasteiger partial charge in [-0.25, -0.2) is 0 Å². The van der Waals surface area contributed by atoms with Crippen LogP contribution in [0.1, 0.15) is 113 Å². The molecule has 244 valence electrons. The van der Waals surface area contributed by atoms with Gasteiger partial charge in [0, 0.05) is 16.3 Å². The lowest BCUT2D eigenvalue weighted by Crippen LogP contribution is -2.26. The quantitative estimate of drug-likeness (QED) is 0.198. The maximum atomic E-state index is 6.61. The number of benzene rings is 5. The smallest absolute Gasteiger partial charge is 0.142 e. The van der Waals surface area contributed by atoms with Crippen molar-refractivity contribution in [3.8, 4) is 11.1 Å². The Morgan fingerprint density at radius 3 is 2.06 bits per heavy atom. The van der Waals surface area contributed by atoms with E-state index in [1.807, 2.05) is 0 Å². The predicted octanol–water partition coefficient (Wildman–Crippen LogP) is 13.4. The minimum atomic E-state index is -0.118.